The van der Waals surface area contributed by atoms with Crippen LogP contribution in [0.2, 0.25) is 0 Å². The molecule has 0 spiro atoms. The van der Waals surface area contributed by atoms with Gasteiger partial charge >= 0.3 is 6.09 Å². The minimum absolute atomic E-state index is 0.235. The molecule has 0 bridgehead atoms. The highest BCUT2D eigenvalue weighted by atomic mass is 16.6. The number of alkyl carbamates (subject to hydrolysis) is 1. The second-order valence-corrected chi connectivity index (χ2v) is 4.40. The zero-order valence-electron chi connectivity index (χ0n) is 11.2. The van der Waals surface area contributed by atoms with Gasteiger partial charge in [-0.25, -0.2) is 4.79 Å². The fraction of sp³-hybridized carbons (Fsp3) is 0.538. The molecular weight excluding hydrogens is 246 g/mol. The van der Waals surface area contributed by atoms with Crippen molar-refractivity contribution in [3.8, 4) is 5.75 Å². The van der Waals surface area contributed by atoms with Gasteiger partial charge in [0.05, 0.1) is 12.2 Å². The van der Waals surface area contributed by atoms with Crippen LogP contribution < -0.4 is 15.4 Å². The Morgan fingerprint density at radius 3 is 3.11 bits per heavy atom. The number of pyridine rings is 1. The quantitative estimate of drug-likeness (QED) is 0.802. The Morgan fingerprint density at radius 1 is 1.58 bits per heavy atom. The summed E-state index contributed by atoms with van der Waals surface area (Å²) in [6.07, 6.45) is -0.621. The lowest BCUT2D eigenvalue weighted by Crippen LogP contribution is -2.23. The molecule has 2 heterocycles. The lowest BCUT2D eigenvalue weighted by atomic mass is 10.2. The number of rotatable bonds is 6. The van der Waals surface area contributed by atoms with Crippen molar-refractivity contribution < 1.29 is 14.3 Å². The Bertz CT molecular complexity index is 451. The van der Waals surface area contributed by atoms with Crippen LogP contribution in [-0.4, -0.2) is 36.9 Å². The van der Waals surface area contributed by atoms with E-state index in [-0.39, 0.29) is 12.2 Å². The summed E-state index contributed by atoms with van der Waals surface area (Å²) in [6.45, 7) is 6.35. The monoisotopic (exact) mass is 265 g/mol. The molecule has 1 unspecified atom stereocenters. The number of hydrogen-bond donors (Lipinski definition) is 2. The van der Waals surface area contributed by atoms with E-state index < -0.39 is 0 Å². The topological polar surface area (TPSA) is 72.5 Å². The summed E-state index contributed by atoms with van der Waals surface area (Å²) in [5, 5.41) is 5.82. The van der Waals surface area contributed by atoms with E-state index in [2.05, 4.69) is 15.6 Å². The zero-order chi connectivity index (χ0) is 13.7. The molecule has 2 N–H and O–H groups in total. The van der Waals surface area contributed by atoms with E-state index in [1.807, 2.05) is 26.0 Å². The summed E-state index contributed by atoms with van der Waals surface area (Å²) in [5.41, 5.74) is 1.83. The molecule has 2 rings (SSSR count). The third-order valence-corrected chi connectivity index (χ3v) is 2.79. The maximum Gasteiger partial charge on any atom is 0.407 e. The van der Waals surface area contributed by atoms with Crippen molar-refractivity contribution in [2.24, 2.45) is 0 Å². The van der Waals surface area contributed by atoms with Gasteiger partial charge < -0.3 is 20.1 Å². The van der Waals surface area contributed by atoms with E-state index in [0.717, 1.165) is 23.7 Å². The van der Waals surface area contributed by atoms with Gasteiger partial charge in [-0.05, 0) is 25.6 Å². The highest BCUT2D eigenvalue weighted by molar-refractivity contribution is 5.69. The molecule has 19 heavy (non-hydrogen) atoms. The van der Waals surface area contributed by atoms with Gasteiger partial charge in [0.2, 0.25) is 0 Å². The number of hydrogen-bond acceptors (Lipinski definition) is 5. The maximum absolute atomic E-state index is 10.9. The molecule has 1 aromatic rings. The standard InChI is InChI=1S/C13H19N3O3/c1-3-14-7-11-12(5-4-9(2)16-11)18-8-10-6-15-13(17)19-10/h4-5,10,14H,3,6-8H2,1-2H3,(H,15,17). The maximum atomic E-state index is 10.9. The van der Waals surface area contributed by atoms with Crippen LogP contribution in [0.5, 0.6) is 5.75 Å². The van der Waals surface area contributed by atoms with Crippen molar-refractivity contribution in [2.45, 2.75) is 26.5 Å². The van der Waals surface area contributed by atoms with Gasteiger partial charge in [0.1, 0.15) is 12.4 Å². The van der Waals surface area contributed by atoms with E-state index in [4.69, 9.17) is 9.47 Å². The van der Waals surface area contributed by atoms with Gasteiger partial charge in [0.15, 0.2) is 6.10 Å². The number of carbonyl (C=O) groups excluding carboxylic acids is 1. The fourth-order valence-electron chi connectivity index (χ4n) is 1.81. The van der Waals surface area contributed by atoms with E-state index in [1.165, 1.54) is 0 Å². The van der Waals surface area contributed by atoms with Crippen molar-refractivity contribution in [2.75, 3.05) is 19.7 Å². The van der Waals surface area contributed by atoms with Crippen LogP contribution in [0.3, 0.4) is 0 Å². The minimum atomic E-state index is -0.386. The average molecular weight is 265 g/mol. The summed E-state index contributed by atoms with van der Waals surface area (Å²) < 4.78 is 10.7. The number of carbonyl (C=O) groups is 1. The molecule has 104 valence electrons. The van der Waals surface area contributed by atoms with Crippen molar-refractivity contribution in [1.82, 2.24) is 15.6 Å². The third kappa shape index (κ3) is 3.82. The molecule has 1 saturated heterocycles. The molecule has 0 radical (unpaired) electrons. The highest BCUT2D eigenvalue weighted by Gasteiger charge is 2.23. The van der Waals surface area contributed by atoms with Crippen LogP contribution in [0.25, 0.3) is 0 Å². The van der Waals surface area contributed by atoms with Gasteiger partial charge in [0.25, 0.3) is 0 Å². The molecule has 1 aliphatic heterocycles. The summed E-state index contributed by atoms with van der Waals surface area (Å²) in [4.78, 5) is 15.4. The van der Waals surface area contributed by atoms with Gasteiger partial charge in [-0.3, -0.25) is 4.98 Å². The lowest BCUT2D eigenvalue weighted by molar-refractivity contribution is 0.104. The second kappa shape index (κ2) is 6.38. The van der Waals surface area contributed by atoms with Crippen LogP contribution in [0.15, 0.2) is 12.1 Å². The van der Waals surface area contributed by atoms with Crippen LogP contribution >= 0.6 is 0 Å². The largest absolute Gasteiger partial charge is 0.488 e. The summed E-state index contributed by atoms with van der Waals surface area (Å²) in [5.74, 6) is 0.731. The summed E-state index contributed by atoms with van der Waals surface area (Å²) in [7, 11) is 0. The predicted molar refractivity (Wildman–Crippen MR) is 70.1 cm³/mol. The molecule has 0 saturated carbocycles. The first-order valence-electron chi connectivity index (χ1n) is 6.43. The van der Waals surface area contributed by atoms with Gasteiger partial charge in [-0.1, -0.05) is 6.92 Å². The molecule has 1 atom stereocenters. The van der Waals surface area contributed by atoms with Gasteiger partial charge in [-0.2, -0.15) is 0 Å². The van der Waals surface area contributed by atoms with E-state index in [9.17, 15) is 4.79 Å². The van der Waals surface area contributed by atoms with Crippen LogP contribution in [0, 0.1) is 6.92 Å². The number of nitrogens with one attached hydrogen (secondary N) is 2. The summed E-state index contributed by atoms with van der Waals surface area (Å²) in [6, 6.07) is 3.81. The molecule has 1 aromatic heterocycles. The molecule has 0 aromatic carbocycles. The first-order chi connectivity index (χ1) is 9.19. The smallest absolute Gasteiger partial charge is 0.407 e. The predicted octanol–water partition coefficient (Wildman–Crippen LogP) is 0.987. The number of aromatic nitrogens is 1. The number of cyclic esters (lactones) is 1. The van der Waals surface area contributed by atoms with Gasteiger partial charge in [0, 0.05) is 12.2 Å². The van der Waals surface area contributed by atoms with E-state index >= 15 is 0 Å². The molecule has 6 nitrogen and oxygen atoms in total. The second-order valence-electron chi connectivity index (χ2n) is 4.40. The van der Waals surface area contributed by atoms with Crippen molar-refractivity contribution in [3.63, 3.8) is 0 Å². The first kappa shape index (κ1) is 13.6. The van der Waals surface area contributed by atoms with Crippen LogP contribution in [0.4, 0.5) is 4.79 Å². The fourth-order valence-corrected chi connectivity index (χ4v) is 1.81. The molecule has 1 amide bonds. The molecule has 6 heteroatoms. The third-order valence-electron chi connectivity index (χ3n) is 2.79. The van der Waals surface area contributed by atoms with Crippen LogP contribution in [-0.2, 0) is 11.3 Å². The zero-order valence-corrected chi connectivity index (χ0v) is 11.2. The van der Waals surface area contributed by atoms with Crippen molar-refractivity contribution in [1.29, 1.82) is 0 Å². The van der Waals surface area contributed by atoms with E-state index in [1.54, 1.807) is 0 Å². The molecular formula is C13H19N3O3. The lowest BCUT2D eigenvalue weighted by Gasteiger charge is -2.14. The van der Waals surface area contributed by atoms with Crippen molar-refractivity contribution >= 4 is 6.09 Å². The minimum Gasteiger partial charge on any atom is -0.488 e. The van der Waals surface area contributed by atoms with Gasteiger partial charge in [-0.15, -0.1) is 0 Å². The normalized spacial score (nSPS) is 18.0. The number of nitrogens with zero attached hydrogens (tertiary/aromatic N) is 1. The van der Waals surface area contributed by atoms with E-state index in [0.29, 0.717) is 19.7 Å². The van der Waals surface area contributed by atoms with Crippen LogP contribution in [0.1, 0.15) is 18.3 Å². The average Bonchev–Trinajstić information content (AvgIpc) is 2.81. The Morgan fingerprint density at radius 2 is 2.42 bits per heavy atom. The molecule has 1 fully saturated rings. The SMILES string of the molecule is CCNCc1nc(C)ccc1OCC1CNC(=O)O1. The number of aryl methyl sites for hydroxylation is 1. The first-order valence-corrected chi connectivity index (χ1v) is 6.43. The number of ether oxygens (including phenoxy) is 2. The Hall–Kier alpha value is -1.82. The number of amides is 1. The highest BCUT2D eigenvalue weighted by Crippen LogP contribution is 2.17. The molecule has 1 aliphatic rings. The molecule has 0 aliphatic carbocycles. The Kier molecular flexibility index (Phi) is 4.57. The summed E-state index contributed by atoms with van der Waals surface area (Å²) >= 11 is 0. The Balaban J connectivity index is 1.96. The van der Waals surface area contributed by atoms with Crippen molar-refractivity contribution in [3.05, 3.63) is 23.5 Å². The Labute approximate surface area is 112 Å².